The van der Waals surface area contributed by atoms with Crippen LogP contribution < -0.4 is 10.2 Å². The standard InChI is InChI=1S/C25H24FN5OS/c1-33(32)11-9-31(10-12-33)24-6-5-18(15-29-24)16-30-25-22-17-28-23(14-19(22)7-8-27-25)20-3-2-4-21(26)13-20/h2-8,13-15,17H,1,9-12,16H2,(H,27,30). The molecule has 0 unspecified atom stereocenters. The Kier molecular flexibility index (Phi) is 5.68. The largest absolute Gasteiger partial charge is 0.365 e. The monoisotopic (exact) mass is 461 g/mol. The van der Waals surface area contributed by atoms with Crippen molar-refractivity contribution in [2.45, 2.75) is 6.54 Å². The number of hydrogen-bond donors (Lipinski definition) is 1. The quantitative estimate of drug-likeness (QED) is 0.454. The Morgan fingerprint density at radius 3 is 2.64 bits per heavy atom. The van der Waals surface area contributed by atoms with E-state index in [0.29, 0.717) is 23.7 Å². The van der Waals surface area contributed by atoms with Gasteiger partial charge in [-0.25, -0.2) is 14.4 Å². The van der Waals surface area contributed by atoms with Crippen LogP contribution in [0, 0.1) is 5.82 Å². The first-order chi connectivity index (χ1) is 16.0. The maximum atomic E-state index is 13.6. The topological polar surface area (TPSA) is 71.0 Å². The van der Waals surface area contributed by atoms with E-state index < -0.39 is 9.52 Å². The van der Waals surface area contributed by atoms with Crippen LogP contribution >= 0.6 is 0 Å². The van der Waals surface area contributed by atoms with Gasteiger partial charge in [0, 0.05) is 60.7 Å². The number of pyridine rings is 3. The molecule has 3 aromatic heterocycles. The normalized spacial score (nSPS) is 15.5. The minimum atomic E-state index is -1.92. The molecule has 5 rings (SSSR count). The highest BCUT2D eigenvalue weighted by Gasteiger charge is 2.18. The zero-order chi connectivity index (χ0) is 22.8. The minimum absolute atomic E-state index is 0.284. The average molecular weight is 462 g/mol. The lowest BCUT2D eigenvalue weighted by atomic mass is 10.1. The van der Waals surface area contributed by atoms with Gasteiger partial charge in [0.1, 0.15) is 17.5 Å². The molecule has 4 heterocycles. The molecule has 6 nitrogen and oxygen atoms in total. The fourth-order valence-electron chi connectivity index (χ4n) is 3.91. The summed E-state index contributed by atoms with van der Waals surface area (Å²) in [4.78, 5) is 15.7. The second-order valence-electron chi connectivity index (χ2n) is 8.20. The van der Waals surface area contributed by atoms with Crippen molar-refractivity contribution >= 4 is 37.8 Å². The molecule has 0 aliphatic carbocycles. The van der Waals surface area contributed by atoms with Gasteiger partial charge in [-0.05, 0) is 56.7 Å². The van der Waals surface area contributed by atoms with E-state index in [1.807, 2.05) is 36.5 Å². The number of halogens is 1. The lowest BCUT2D eigenvalue weighted by Crippen LogP contribution is -2.40. The number of rotatable bonds is 5. The van der Waals surface area contributed by atoms with Crippen LogP contribution in [0.4, 0.5) is 16.0 Å². The van der Waals surface area contributed by atoms with Gasteiger partial charge in [0.05, 0.1) is 5.69 Å². The van der Waals surface area contributed by atoms with Gasteiger partial charge in [-0.1, -0.05) is 18.2 Å². The van der Waals surface area contributed by atoms with Crippen molar-refractivity contribution in [2.75, 3.05) is 34.8 Å². The van der Waals surface area contributed by atoms with E-state index in [1.165, 1.54) is 12.1 Å². The molecule has 1 aliphatic heterocycles. The smallest absolute Gasteiger partial charge is 0.135 e. The highest BCUT2D eigenvalue weighted by Crippen LogP contribution is 2.26. The van der Waals surface area contributed by atoms with Crippen LogP contribution in [0.3, 0.4) is 0 Å². The van der Waals surface area contributed by atoms with Gasteiger partial charge in [-0.15, -0.1) is 0 Å². The summed E-state index contributed by atoms with van der Waals surface area (Å²) in [6, 6.07) is 14.3. The third-order valence-corrected chi connectivity index (χ3v) is 7.68. The van der Waals surface area contributed by atoms with E-state index in [2.05, 4.69) is 31.0 Å². The molecular weight excluding hydrogens is 437 g/mol. The lowest BCUT2D eigenvalue weighted by Gasteiger charge is -2.29. The van der Waals surface area contributed by atoms with Crippen LogP contribution in [0.25, 0.3) is 22.0 Å². The molecule has 1 fully saturated rings. The summed E-state index contributed by atoms with van der Waals surface area (Å²) in [7, 11) is -1.92. The van der Waals surface area contributed by atoms with E-state index in [0.717, 1.165) is 46.6 Å². The van der Waals surface area contributed by atoms with Gasteiger partial charge in [-0.2, -0.15) is 0 Å². The number of anilines is 2. The van der Waals surface area contributed by atoms with Crippen LogP contribution in [0.1, 0.15) is 5.56 Å². The molecule has 0 saturated carbocycles. The fraction of sp³-hybridized carbons (Fsp3) is 0.200. The third-order valence-electron chi connectivity index (χ3n) is 5.83. The van der Waals surface area contributed by atoms with Crippen molar-refractivity contribution in [2.24, 2.45) is 0 Å². The van der Waals surface area contributed by atoms with Crippen LogP contribution in [-0.4, -0.2) is 49.6 Å². The van der Waals surface area contributed by atoms with Gasteiger partial charge in [0.15, 0.2) is 0 Å². The van der Waals surface area contributed by atoms with Gasteiger partial charge in [-0.3, -0.25) is 9.19 Å². The number of fused-ring (bicyclic) bond motifs is 1. The van der Waals surface area contributed by atoms with Crippen molar-refractivity contribution < 1.29 is 8.60 Å². The predicted molar refractivity (Wildman–Crippen MR) is 134 cm³/mol. The van der Waals surface area contributed by atoms with Crippen molar-refractivity contribution in [3.8, 4) is 11.3 Å². The summed E-state index contributed by atoms with van der Waals surface area (Å²) in [5.74, 6) is 6.38. The van der Waals surface area contributed by atoms with E-state index >= 15 is 0 Å². The maximum Gasteiger partial charge on any atom is 0.135 e. The second-order valence-corrected chi connectivity index (χ2v) is 10.9. The molecule has 0 spiro atoms. The Hall–Kier alpha value is -3.52. The Balaban J connectivity index is 1.29. The van der Waals surface area contributed by atoms with Gasteiger partial charge < -0.3 is 10.2 Å². The minimum Gasteiger partial charge on any atom is -0.365 e. The molecule has 1 aliphatic rings. The second kappa shape index (κ2) is 8.78. The van der Waals surface area contributed by atoms with Crippen LogP contribution in [-0.2, 0) is 16.1 Å². The number of hydrogen-bond acceptors (Lipinski definition) is 6. The molecule has 1 saturated heterocycles. The average Bonchev–Trinajstić information content (AvgIpc) is 2.83. The highest BCUT2D eigenvalue weighted by molar-refractivity contribution is 8.00. The zero-order valence-corrected chi connectivity index (χ0v) is 18.9. The Bertz CT molecular complexity index is 1390. The summed E-state index contributed by atoms with van der Waals surface area (Å²) in [6.07, 6.45) is 5.37. The molecule has 0 radical (unpaired) electrons. The summed E-state index contributed by atoms with van der Waals surface area (Å²) < 4.78 is 25.6. The molecular formula is C25H24FN5OS. The molecule has 168 valence electrons. The van der Waals surface area contributed by atoms with Crippen LogP contribution in [0.2, 0.25) is 0 Å². The molecule has 1 aromatic carbocycles. The molecule has 33 heavy (non-hydrogen) atoms. The van der Waals surface area contributed by atoms with Crippen LogP contribution in [0.15, 0.2) is 67.1 Å². The summed E-state index contributed by atoms with van der Waals surface area (Å²) in [5.41, 5.74) is 2.48. The SMILES string of the molecule is C=S1(=O)CCN(c2ccc(CNc3nccc4cc(-c5cccc(F)c5)ncc34)cn2)CC1. The van der Waals surface area contributed by atoms with Gasteiger partial charge >= 0.3 is 0 Å². The number of benzene rings is 1. The summed E-state index contributed by atoms with van der Waals surface area (Å²) >= 11 is 0. The summed E-state index contributed by atoms with van der Waals surface area (Å²) in [5, 5.41) is 5.24. The van der Waals surface area contributed by atoms with E-state index in [1.54, 1.807) is 18.5 Å². The van der Waals surface area contributed by atoms with Crippen molar-refractivity contribution in [3.05, 3.63) is 78.5 Å². The van der Waals surface area contributed by atoms with E-state index in [9.17, 15) is 8.60 Å². The zero-order valence-electron chi connectivity index (χ0n) is 18.1. The molecule has 0 bridgehead atoms. The Morgan fingerprint density at radius 2 is 1.88 bits per heavy atom. The molecule has 4 aromatic rings. The highest BCUT2D eigenvalue weighted by atomic mass is 32.2. The van der Waals surface area contributed by atoms with Gasteiger partial charge in [0.25, 0.3) is 0 Å². The van der Waals surface area contributed by atoms with Crippen LogP contribution in [0.5, 0.6) is 0 Å². The number of aromatic nitrogens is 3. The molecule has 8 heteroatoms. The molecule has 1 N–H and O–H groups in total. The number of nitrogens with zero attached hydrogens (tertiary/aromatic N) is 4. The predicted octanol–water partition coefficient (Wildman–Crippen LogP) is 3.98. The molecule has 0 atom stereocenters. The van der Waals surface area contributed by atoms with Crippen molar-refractivity contribution in [1.29, 1.82) is 0 Å². The van der Waals surface area contributed by atoms with E-state index in [-0.39, 0.29) is 5.82 Å². The number of nitrogens with one attached hydrogen (secondary N) is 1. The third kappa shape index (κ3) is 4.80. The first-order valence-electron chi connectivity index (χ1n) is 10.7. The maximum absolute atomic E-state index is 13.6. The first-order valence-corrected chi connectivity index (χ1v) is 12.8. The Morgan fingerprint density at radius 1 is 1.03 bits per heavy atom. The lowest BCUT2D eigenvalue weighted by molar-refractivity contribution is 0.628. The molecule has 0 amide bonds. The van der Waals surface area contributed by atoms with E-state index in [4.69, 9.17) is 0 Å². The summed E-state index contributed by atoms with van der Waals surface area (Å²) in [6.45, 7) is 2.01. The van der Waals surface area contributed by atoms with Gasteiger partial charge in [0.2, 0.25) is 0 Å². The van der Waals surface area contributed by atoms with Crippen molar-refractivity contribution in [1.82, 2.24) is 15.0 Å². The fourth-order valence-corrected chi connectivity index (χ4v) is 5.22. The Labute approximate surface area is 192 Å². The first kappa shape index (κ1) is 21.3. The van der Waals surface area contributed by atoms with Crippen molar-refractivity contribution in [3.63, 3.8) is 0 Å².